The normalized spacial score (nSPS) is 21.0. The molecule has 0 aromatic carbocycles. The Morgan fingerprint density at radius 3 is 2.94 bits per heavy atom. The molecular formula is C11H14Br2N2O. The third kappa shape index (κ3) is 2.96. The summed E-state index contributed by atoms with van der Waals surface area (Å²) >= 11 is 6.68. The van der Waals surface area contributed by atoms with Gasteiger partial charge in [-0.3, -0.25) is 4.79 Å². The van der Waals surface area contributed by atoms with Crippen LogP contribution in [0.15, 0.2) is 26.0 Å². The minimum atomic E-state index is 0.0376. The molecule has 1 saturated heterocycles. The number of piperidine rings is 1. The van der Waals surface area contributed by atoms with E-state index < -0.39 is 0 Å². The molecule has 1 aliphatic rings. The zero-order valence-electron chi connectivity index (χ0n) is 8.88. The molecule has 1 aliphatic heterocycles. The molecule has 0 amide bonds. The number of nitrogens with one attached hydrogen (secondary N) is 1. The van der Waals surface area contributed by atoms with Gasteiger partial charge in [0, 0.05) is 23.3 Å². The molecule has 1 atom stereocenters. The maximum Gasteiger partial charge on any atom is 0.264 e. The molecule has 1 fully saturated rings. The van der Waals surface area contributed by atoms with Crippen LogP contribution < -0.4 is 10.9 Å². The van der Waals surface area contributed by atoms with Gasteiger partial charge in [-0.1, -0.05) is 6.42 Å². The van der Waals surface area contributed by atoms with Crippen molar-refractivity contribution in [2.24, 2.45) is 0 Å². The maximum absolute atomic E-state index is 11.9. The van der Waals surface area contributed by atoms with E-state index in [-0.39, 0.29) is 5.56 Å². The molecule has 2 rings (SSSR count). The van der Waals surface area contributed by atoms with E-state index >= 15 is 0 Å². The minimum absolute atomic E-state index is 0.0376. The van der Waals surface area contributed by atoms with E-state index in [1.807, 2.05) is 6.20 Å². The van der Waals surface area contributed by atoms with E-state index in [1.54, 1.807) is 10.6 Å². The van der Waals surface area contributed by atoms with Crippen LogP contribution >= 0.6 is 31.9 Å². The predicted molar refractivity (Wildman–Crippen MR) is 71.7 cm³/mol. The molecule has 1 aromatic rings. The fourth-order valence-corrected chi connectivity index (χ4v) is 3.28. The molecule has 2 heterocycles. The Bertz CT molecular complexity index is 424. The molecular weight excluding hydrogens is 336 g/mol. The van der Waals surface area contributed by atoms with Gasteiger partial charge in [-0.15, -0.1) is 0 Å². The molecule has 1 N–H and O–H groups in total. The van der Waals surface area contributed by atoms with Crippen LogP contribution in [0.4, 0.5) is 0 Å². The van der Waals surface area contributed by atoms with Gasteiger partial charge in [0.15, 0.2) is 0 Å². The van der Waals surface area contributed by atoms with Crippen molar-refractivity contribution in [3.05, 3.63) is 31.6 Å². The third-order valence-corrected chi connectivity index (χ3v) is 3.84. The monoisotopic (exact) mass is 348 g/mol. The van der Waals surface area contributed by atoms with Crippen LogP contribution in [0.2, 0.25) is 0 Å². The first-order valence-corrected chi connectivity index (χ1v) is 7.04. The molecule has 3 nitrogen and oxygen atoms in total. The Labute approximate surface area is 111 Å². The highest BCUT2D eigenvalue weighted by Crippen LogP contribution is 2.14. The van der Waals surface area contributed by atoms with Gasteiger partial charge in [-0.05, 0) is 57.3 Å². The molecule has 5 heteroatoms. The second-order valence-corrected chi connectivity index (χ2v) is 5.88. The second-order valence-electron chi connectivity index (χ2n) is 4.11. The lowest BCUT2D eigenvalue weighted by Gasteiger charge is -2.24. The molecule has 1 aromatic heterocycles. The average molecular weight is 350 g/mol. The maximum atomic E-state index is 11.9. The lowest BCUT2D eigenvalue weighted by Crippen LogP contribution is -2.39. The van der Waals surface area contributed by atoms with E-state index in [0.717, 1.165) is 24.0 Å². The molecule has 0 aliphatic carbocycles. The van der Waals surface area contributed by atoms with Crippen molar-refractivity contribution in [1.29, 1.82) is 0 Å². The summed E-state index contributed by atoms with van der Waals surface area (Å²) < 4.78 is 3.30. The van der Waals surface area contributed by atoms with Gasteiger partial charge in [0.25, 0.3) is 5.56 Å². The van der Waals surface area contributed by atoms with E-state index in [2.05, 4.69) is 37.2 Å². The smallest absolute Gasteiger partial charge is 0.264 e. The number of pyridine rings is 1. The van der Waals surface area contributed by atoms with Crippen LogP contribution in [0.5, 0.6) is 0 Å². The molecule has 16 heavy (non-hydrogen) atoms. The Kier molecular flexibility index (Phi) is 4.21. The number of halogens is 2. The highest BCUT2D eigenvalue weighted by molar-refractivity contribution is 9.11. The van der Waals surface area contributed by atoms with E-state index in [0.29, 0.717) is 10.5 Å². The van der Waals surface area contributed by atoms with Crippen molar-refractivity contribution in [1.82, 2.24) is 9.88 Å². The fraction of sp³-hybridized carbons (Fsp3) is 0.545. The van der Waals surface area contributed by atoms with Gasteiger partial charge in [0.2, 0.25) is 0 Å². The molecule has 0 spiro atoms. The largest absolute Gasteiger partial charge is 0.312 e. The molecule has 0 saturated carbocycles. The first-order valence-electron chi connectivity index (χ1n) is 5.45. The van der Waals surface area contributed by atoms with Gasteiger partial charge in [0.1, 0.15) is 0 Å². The van der Waals surface area contributed by atoms with E-state index in [9.17, 15) is 4.79 Å². The van der Waals surface area contributed by atoms with E-state index in [1.165, 1.54) is 12.8 Å². The minimum Gasteiger partial charge on any atom is -0.312 e. The summed E-state index contributed by atoms with van der Waals surface area (Å²) in [4.78, 5) is 11.9. The fourth-order valence-electron chi connectivity index (χ4n) is 2.02. The summed E-state index contributed by atoms with van der Waals surface area (Å²) in [6.45, 7) is 1.81. The first-order chi connectivity index (χ1) is 7.66. The summed E-state index contributed by atoms with van der Waals surface area (Å²) in [5.41, 5.74) is 0.0376. The van der Waals surface area contributed by atoms with Crippen molar-refractivity contribution in [3.8, 4) is 0 Å². The quantitative estimate of drug-likeness (QED) is 0.890. The van der Waals surface area contributed by atoms with Crippen molar-refractivity contribution in [2.45, 2.75) is 31.8 Å². The lowest BCUT2D eigenvalue weighted by molar-refractivity contribution is 0.359. The number of hydrogen-bond donors (Lipinski definition) is 1. The number of hydrogen-bond acceptors (Lipinski definition) is 2. The number of rotatable bonds is 2. The van der Waals surface area contributed by atoms with Gasteiger partial charge >= 0.3 is 0 Å². The summed E-state index contributed by atoms with van der Waals surface area (Å²) in [6, 6.07) is 2.21. The van der Waals surface area contributed by atoms with Gasteiger partial charge in [0.05, 0.1) is 4.47 Å². The molecule has 1 unspecified atom stereocenters. The van der Waals surface area contributed by atoms with Crippen molar-refractivity contribution in [3.63, 3.8) is 0 Å². The lowest BCUT2D eigenvalue weighted by atomic mass is 10.1. The Morgan fingerprint density at radius 2 is 2.25 bits per heavy atom. The zero-order chi connectivity index (χ0) is 11.5. The molecule has 88 valence electrons. The van der Waals surface area contributed by atoms with Crippen LogP contribution in [0, 0.1) is 0 Å². The van der Waals surface area contributed by atoms with Gasteiger partial charge in [-0.2, -0.15) is 0 Å². The standard InChI is InChI=1S/C11H14Br2N2O/c12-8-5-10(13)11(16)15(6-8)7-9-3-1-2-4-14-9/h5-6,9,14H,1-4,7H2. The predicted octanol–water partition coefficient (Wildman–Crippen LogP) is 2.52. The third-order valence-electron chi connectivity index (χ3n) is 2.84. The van der Waals surface area contributed by atoms with Crippen molar-refractivity contribution < 1.29 is 0 Å². The highest BCUT2D eigenvalue weighted by Gasteiger charge is 2.14. The van der Waals surface area contributed by atoms with Crippen molar-refractivity contribution >= 4 is 31.9 Å². The summed E-state index contributed by atoms with van der Waals surface area (Å²) in [6.07, 6.45) is 5.50. The van der Waals surface area contributed by atoms with E-state index in [4.69, 9.17) is 0 Å². The highest BCUT2D eigenvalue weighted by atomic mass is 79.9. The van der Waals surface area contributed by atoms with Crippen LogP contribution in [0.25, 0.3) is 0 Å². The summed E-state index contributed by atoms with van der Waals surface area (Å²) in [5.74, 6) is 0. The number of aromatic nitrogens is 1. The zero-order valence-corrected chi connectivity index (χ0v) is 12.1. The SMILES string of the molecule is O=c1c(Br)cc(Br)cn1CC1CCCCN1. The number of nitrogens with zero attached hydrogens (tertiary/aromatic N) is 1. The van der Waals surface area contributed by atoms with Crippen LogP contribution in [0.1, 0.15) is 19.3 Å². The van der Waals surface area contributed by atoms with Gasteiger partial charge < -0.3 is 9.88 Å². The summed E-state index contributed by atoms with van der Waals surface area (Å²) in [7, 11) is 0. The van der Waals surface area contributed by atoms with Gasteiger partial charge in [-0.25, -0.2) is 0 Å². The molecule has 0 radical (unpaired) electrons. The van der Waals surface area contributed by atoms with Crippen molar-refractivity contribution in [2.75, 3.05) is 6.54 Å². The second kappa shape index (κ2) is 5.47. The molecule has 0 bridgehead atoms. The van der Waals surface area contributed by atoms with Crippen LogP contribution in [0.3, 0.4) is 0 Å². The average Bonchev–Trinajstić information content (AvgIpc) is 2.27. The Balaban J connectivity index is 2.17. The summed E-state index contributed by atoms with van der Waals surface area (Å²) in [5, 5.41) is 3.44. The van der Waals surface area contributed by atoms with Crippen LogP contribution in [-0.4, -0.2) is 17.2 Å². The Hall–Kier alpha value is -0.130. The first kappa shape index (κ1) is 12.3. The topological polar surface area (TPSA) is 34.0 Å². The van der Waals surface area contributed by atoms with Crippen LogP contribution in [-0.2, 0) is 6.54 Å². The Morgan fingerprint density at radius 1 is 1.44 bits per heavy atom.